The lowest BCUT2D eigenvalue weighted by Gasteiger charge is -2.19. The van der Waals surface area contributed by atoms with Crippen LogP contribution in [0.3, 0.4) is 0 Å². The Kier molecular flexibility index (Phi) is 2.66. The second kappa shape index (κ2) is 3.56. The average Bonchev–Trinajstić information content (AvgIpc) is 2.47. The number of Topliss-reactive ketones (excluding diaryl/α,β-unsaturated/α-hetero) is 1. The van der Waals surface area contributed by atoms with Crippen LogP contribution >= 0.6 is 0 Å². The molecule has 1 aliphatic heterocycles. The fourth-order valence-electron chi connectivity index (χ4n) is 1.66. The maximum absolute atomic E-state index is 11.1. The van der Waals surface area contributed by atoms with Crippen molar-refractivity contribution in [2.75, 3.05) is 6.54 Å². The number of hydrogen-bond donors (Lipinski definition) is 0. The summed E-state index contributed by atoms with van der Waals surface area (Å²) in [5.74, 6) is -0.344. The van der Waals surface area contributed by atoms with Gasteiger partial charge in [0.2, 0.25) is 5.91 Å². The minimum absolute atomic E-state index is 0.0343. The lowest BCUT2D eigenvalue weighted by Crippen LogP contribution is -2.38. The van der Waals surface area contributed by atoms with Crippen molar-refractivity contribution < 1.29 is 9.59 Å². The van der Waals surface area contributed by atoms with Gasteiger partial charge in [0.05, 0.1) is 18.0 Å². The highest BCUT2D eigenvalue weighted by Crippen LogP contribution is 2.23. The van der Waals surface area contributed by atoms with Crippen molar-refractivity contribution in [3.8, 4) is 6.07 Å². The summed E-state index contributed by atoms with van der Waals surface area (Å²) >= 11 is 0. The molecule has 70 valence electrons. The topological polar surface area (TPSA) is 61.2 Å². The number of likely N-dealkylation sites (tertiary alicyclic amines) is 1. The molecule has 0 N–H and O–H groups in total. The van der Waals surface area contributed by atoms with Crippen LogP contribution in [0, 0.1) is 17.2 Å². The van der Waals surface area contributed by atoms with Gasteiger partial charge in [-0.3, -0.25) is 9.59 Å². The third-order valence-electron chi connectivity index (χ3n) is 2.36. The van der Waals surface area contributed by atoms with Crippen molar-refractivity contribution in [3.63, 3.8) is 0 Å². The number of carbonyl (C=O) groups is 2. The maximum atomic E-state index is 11.1. The summed E-state index contributed by atoms with van der Waals surface area (Å²) in [7, 11) is 0. The van der Waals surface area contributed by atoms with Gasteiger partial charge >= 0.3 is 0 Å². The number of nitriles is 1. The minimum Gasteiger partial charge on any atom is -0.332 e. The van der Waals surface area contributed by atoms with Crippen LogP contribution in [0.5, 0.6) is 0 Å². The van der Waals surface area contributed by atoms with Crippen LogP contribution in [-0.2, 0) is 9.59 Å². The van der Waals surface area contributed by atoms with Crippen LogP contribution in [0.15, 0.2) is 0 Å². The average molecular weight is 180 g/mol. The summed E-state index contributed by atoms with van der Waals surface area (Å²) < 4.78 is 0. The Morgan fingerprint density at radius 1 is 1.46 bits per heavy atom. The fraction of sp³-hybridized carbons (Fsp3) is 0.667. The highest BCUT2D eigenvalue weighted by atomic mass is 16.2. The molecule has 1 heterocycles. The zero-order chi connectivity index (χ0) is 10.0. The summed E-state index contributed by atoms with van der Waals surface area (Å²) in [6.45, 7) is 3.28. The lowest BCUT2D eigenvalue weighted by molar-refractivity contribution is -0.135. The van der Waals surface area contributed by atoms with Crippen LogP contribution in [0.2, 0.25) is 0 Å². The fourth-order valence-corrected chi connectivity index (χ4v) is 1.66. The molecule has 4 heteroatoms. The molecule has 0 aliphatic carbocycles. The van der Waals surface area contributed by atoms with E-state index in [0.29, 0.717) is 13.0 Å². The van der Waals surface area contributed by atoms with Crippen LogP contribution in [0.4, 0.5) is 0 Å². The highest BCUT2D eigenvalue weighted by Gasteiger charge is 2.36. The number of carbonyl (C=O) groups excluding carboxylic acids is 2. The SMILES string of the molecule is CC(=O)[C@@H]1C[C@H](C#N)CN1C(C)=O. The number of ketones is 1. The summed E-state index contributed by atoms with van der Waals surface area (Å²) in [4.78, 5) is 23.7. The first-order valence-corrected chi connectivity index (χ1v) is 4.23. The first-order chi connectivity index (χ1) is 6.06. The minimum atomic E-state index is -0.373. The Bertz CT molecular complexity index is 258. The van der Waals surface area contributed by atoms with Gasteiger partial charge in [0.1, 0.15) is 0 Å². The Morgan fingerprint density at radius 2 is 2.08 bits per heavy atom. The van der Waals surface area contributed by atoms with E-state index in [1.54, 1.807) is 0 Å². The van der Waals surface area contributed by atoms with Gasteiger partial charge in [-0.05, 0) is 13.3 Å². The van der Waals surface area contributed by atoms with Crippen molar-refractivity contribution in [2.24, 2.45) is 5.92 Å². The quantitative estimate of drug-likeness (QED) is 0.584. The molecule has 1 amide bonds. The molecule has 0 saturated carbocycles. The second-order valence-corrected chi connectivity index (χ2v) is 3.36. The highest BCUT2D eigenvalue weighted by molar-refractivity contribution is 5.87. The molecule has 0 radical (unpaired) electrons. The number of nitrogens with zero attached hydrogens (tertiary/aromatic N) is 2. The Labute approximate surface area is 77.1 Å². The molecule has 1 saturated heterocycles. The van der Waals surface area contributed by atoms with Crippen LogP contribution in [-0.4, -0.2) is 29.2 Å². The van der Waals surface area contributed by atoms with Gasteiger partial charge in [-0.25, -0.2) is 0 Å². The summed E-state index contributed by atoms with van der Waals surface area (Å²) in [6.07, 6.45) is 0.491. The van der Waals surface area contributed by atoms with Crippen molar-refractivity contribution in [1.29, 1.82) is 5.26 Å². The molecule has 0 aromatic heterocycles. The van der Waals surface area contributed by atoms with E-state index < -0.39 is 0 Å². The van der Waals surface area contributed by atoms with E-state index in [1.807, 2.05) is 0 Å². The summed E-state index contributed by atoms with van der Waals surface area (Å²) in [5, 5.41) is 8.67. The van der Waals surface area contributed by atoms with Gasteiger partial charge in [0, 0.05) is 13.5 Å². The summed E-state index contributed by atoms with van der Waals surface area (Å²) in [5.41, 5.74) is 0. The van der Waals surface area contributed by atoms with Crippen molar-refractivity contribution in [1.82, 2.24) is 4.90 Å². The molecule has 0 bridgehead atoms. The molecule has 1 aliphatic rings. The summed E-state index contributed by atoms with van der Waals surface area (Å²) in [6, 6.07) is 1.71. The molecule has 0 spiro atoms. The van der Waals surface area contributed by atoms with Gasteiger partial charge in [0.25, 0.3) is 0 Å². The lowest BCUT2D eigenvalue weighted by atomic mass is 10.1. The molecule has 0 unspecified atom stereocenters. The smallest absolute Gasteiger partial charge is 0.220 e. The third-order valence-corrected chi connectivity index (χ3v) is 2.36. The van der Waals surface area contributed by atoms with Crippen LogP contribution in [0.1, 0.15) is 20.3 Å². The van der Waals surface area contributed by atoms with E-state index in [4.69, 9.17) is 5.26 Å². The van der Waals surface area contributed by atoms with Crippen LogP contribution < -0.4 is 0 Å². The first kappa shape index (κ1) is 9.72. The zero-order valence-corrected chi connectivity index (χ0v) is 7.78. The van der Waals surface area contributed by atoms with E-state index in [2.05, 4.69) is 6.07 Å². The van der Waals surface area contributed by atoms with Gasteiger partial charge in [-0.15, -0.1) is 0 Å². The molecule has 0 aromatic carbocycles. The standard InChI is InChI=1S/C9H12N2O2/c1-6(12)9-3-8(4-10)5-11(9)7(2)13/h8-9H,3,5H2,1-2H3/t8-,9+/m1/s1. The third kappa shape index (κ3) is 1.86. The predicted octanol–water partition coefficient (Wildman–Crippen LogP) is 0.336. The first-order valence-electron chi connectivity index (χ1n) is 4.23. The van der Waals surface area contributed by atoms with Crippen molar-refractivity contribution >= 4 is 11.7 Å². The van der Waals surface area contributed by atoms with Gasteiger partial charge < -0.3 is 4.90 Å². The maximum Gasteiger partial charge on any atom is 0.220 e. The monoisotopic (exact) mass is 180 g/mol. The number of hydrogen-bond acceptors (Lipinski definition) is 3. The molecule has 0 aromatic rings. The number of amides is 1. The van der Waals surface area contributed by atoms with E-state index >= 15 is 0 Å². The molecule has 1 rings (SSSR count). The molecule has 1 fully saturated rings. The Morgan fingerprint density at radius 3 is 2.38 bits per heavy atom. The Balaban J connectivity index is 2.78. The zero-order valence-electron chi connectivity index (χ0n) is 7.78. The normalized spacial score (nSPS) is 27.0. The molecule has 2 atom stereocenters. The largest absolute Gasteiger partial charge is 0.332 e. The van der Waals surface area contributed by atoms with Gasteiger partial charge in [-0.1, -0.05) is 0 Å². The van der Waals surface area contributed by atoms with E-state index in [1.165, 1.54) is 18.7 Å². The van der Waals surface area contributed by atoms with E-state index in [0.717, 1.165) is 0 Å². The molecule has 13 heavy (non-hydrogen) atoms. The molecular weight excluding hydrogens is 168 g/mol. The van der Waals surface area contributed by atoms with Crippen molar-refractivity contribution in [2.45, 2.75) is 26.3 Å². The van der Waals surface area contributed by atoms with Gasteiger partial charge in [-0.2, -0.15) is 5.26 Å². The molecule has 4 nitrogen and oxygen atoms in total. The Hall–Kier alpha value is -1.37. The second-order valence-electron chi connectivity index (χ2n) is 3.36. The van der Waals surface area contributed by atoms with Crippen molar-refractivity contribution in [3.05, 3.63) is 0 Å². The van der Waals surface area contributed by atoms with Gasteiger partial charge in [0.15, 0.2) is 5.78 Å². The van der Waals surface area contributed by atoms with E-state index in [-0.39, 0.29) is 23.7 Å². The molecular formula is C9H12N2O2. The number of rotatable bonds is 1. The predicted molar refractivity (Wildman–Crippen MR) is 45.6 cm³/mol. The van der Waals surface area contributed by atoms with Crippen LogP contribution in [0.25, 0.3) is 0 Å². The van der Waals surface area contributed by atoms with E-state index in [9.17, 15) is 9.59 Å².